The van der Waals surface area contributed by atoms with Gasteiger partial charge in [-0.05, 0) is 24.3 Å². The van der Waals surface area contributed by atoms with E-state index in [-0.39, 0.29) is 21.4 Å². The predicted octanol–water partition coefficient (Wildman–Crippen LogP) is 3.00. The van der Waals surface area contributed by atoms with Gasteiger partial charge in [0.1, 0.15) is 0 Å². The normalized spacial score (nSPS) is 10.7. The molecule has 0 atom stereocenters. The summed E-state index contributed by atoms with van der Waals surface area (Å²) in [5.41, 5.74) is -0.970. The summed E-state index contributed by atoms with van der Waals surface area (Å²) in [5.74, 6) is -0.503. The van der Waals surface area contributed by atoms with Gasteiger partial charge in [-0.25, -0.2) is 13.9 Å². The molecule has 0 spiro atoms. The highest BCUT2D eigenvalue weighted by Crippen LogP contribution is 2.22. The van der Waals surface area contributed by atoms with Crippen molar-refractivity contribution in [3.05, 3.63) is 85.5 Å². The van der Waals surface area contributed by atoms with Crippen LogP contribution in [0.5, 0.6) is 5.88 Å². The summed E-state index contributed by atoms with van der Waals surface area (Å²) >= 11 is 12.2. The molecular formula is C16H10Cl2N2O3. The summed E-state index contributed by atoms with van der Waals surface area (Å²) < 4.78 is 1.83. The molecule has 0 saturated heterocycles. The number of rotatable bonds is 2. The second-order valence-electron chi connectivity index (χ2n) is 4.70. The lowest BCUT2D eigenvalue weighted by Gasteiger charge is -2.13. The first kappa shape index (κ1) is 15.4. The van der Waals surface area contributed by atoms with Crippen LogP contribution < -0.4 is 11.2 Å². The van der Waals surface area contributed by atoms with Gasteiger partial charge >= 0.3 is 5.69 Å². The minimum atomic E-state index is -0.767. The first-order chi connectivity index (χ1) is 11.0. The van der Waals surface area contributed by atoms with E-state index in [1.165, 1.54) is 0 Å². The number of nitrogens with zero attached hydrogens (tertiary/aromatic N) is 2. The molecule has 1 N–H and O–H groups in total. The van der Waals surface area contributed by atoms with Crippen molar-refractivity contribution in [2.45, 2.75) is 0 Å². The molecular weight excluding hydrogens is 339 g/mol. The summed E-state index contributed by atoms with van der Waals surface area (Å²) in [5, 5.41) is 10.5. The molecule has 1 heterocycles. The maximum Gasteiger partial charge on any atom is 0.343 e. The lowest BCUT2D eigenvalue weighted by atomic mass is 10.3. The Labute approximate surface area is 140 Å². The van der Waals surface area contributed by atoms with E-state index in [1.807, 2.05) is 0 Å². The molecule has 0 radical (unpaired) electrons. The van der Waals surface area contributed by atoms with Gasteiger partial charge < -0.3 is 5.11 Å². The summed E-state index contributed by atoms with van der Waals surface area (Å²) in [6, 6.07) is 13.9. The molecule has 1 aromatic heterocycles. The summed E-state index contributed by atoms with van der Waals surface area (Å²) in [7, 11) is 0. The average Bonchev–Trinajstić information content (AvgIpc) is 2.50. The van der Waals surface area contributed by atoms with Crippen molar-refractivity contribution < 1.29 is 5.11 Å². The molecule has 0 amide bonds. The van der Waals surface area contributed by atoms with Crippen LogP contribution >= 0.6 is 23.2 Å². The highest BCUT2D eigenvalue weighted by atomic mass is 35.5. The molecule has 3 aromatic rings. The number of hydrogen-bond acceptors (Lipinski definition) is 3. The van der Waals surface area contributed by atoms with Gasteiger partial charge in [0.25, 0.3) is 5.56 Å². The third-order valence-electron chi connectivity index (χ3n) is 3.27. The van der Waals surface area contributed by atoms with Gasteiger partial charge in [-0.1, -0.05) is 47.5 Å². The van der Waals surface area contributed by atoms with Crippen LogP contribution in [0.3, 0.4) is 0 Å². The standard InChI is InChI=1S/C16H10Cl2N2O3/c17-10-5-1-3-7-12(10)19-14(21)9-15(22)20(16(19)23)13-8-4-2-6-11(13)18/h1-9,21H. The number of halogens is 2. The van der Waals surface area contributed by atoms with Gasteiger partial charge in [0.15, 0.2) is 0 Å². The zero-order valence-electron chi connectivity index (χ0n) is 11.6. The first-order valence-corrected chi connectivity index (χ1v) is 7.34. The largest absolute Gasteiger partial charge is 0.494 e. The highest BCUT2D eigenvalue weighted by Gasteiger charge is 2.16. The van der Waals surface area contributed by atoms with Crippen LogP contribution in [0.1, 0.15) is 0 Å². The fraction of sp³-hybridized carbons (Fsp3) is 0. The van der Waals surface area contributed by atoms with Gasteiger partial charge in [-0.3, -0.25) is 4.79 Å². The van der Waals surface area contributed by atoms with Crippen LogP contribution in [0.15, 0.2) is 64.2 Å². The average molecular weight is 349 g/mol. The monoisotopic (exact) mass is 348 g/mol. The lowest BCUT2D eigenvalue weighted by molar-refractivity contribution is 0.428. The van der Waals surface area contributed by atoms with Crippen molar-refractivity contribution in [1.82, 2.24) is 9.13 Å². The Balaban J connectivity index is 2.40. The molecule has 7 heteroatoms. The van der Waals surface area contributed by atoms with Crippen LogP contribution in [-0.4, -0.2) is 14.2 Å². The van der Waals surface area contributed by atoms with Gasteiger partial charge in [-0.2, -0.15) is 0 Å². The van der Waals surface area contributed by atoms with Crippen LogP contribution in [0.4, 0.5) is 0 Å². The van der Waals surface area contributed by atoms with Gasteiger partial charge in [-0.15, -0.1) is 0 Å². The van der Waals surface area contributed by atoms with E-state index in [0.717, 1.165) is 15.2 Å². The van der Waals surface area contributed by atoms with Crippen LogP contribution in [0.2, 0.25) is 10.0 Å². The molecule has 0 unspecified atom stereocenters. The van der Waals surface area contributed by atoms with Gasteiger partial charge in [0.2, 0.25) is 5.88 Å². The smallest absolute Gasteiger partial charge is 0.343 e. The minimum absolute atomic E-state index is 0.227. The van der Waals surface area contributed by atoms with E-state index < -0.39 is 17.1 Å². The quantitative estimate of drug-likeness (QED) is 0.774. The van der Waals surface area contributed by atoms with Gasteiger partial charge in [0, 0.05) is 0 Å². The number of aromatic hydroxyl groups is 1. The second-order valence-corrected chi connectivity index (χ2v) is 5.51. The van der Waals surface area contributed by atoms with Crippen molar-refractivity contribution >= 4 is 23.2 Å². The second kappa shape index (κ2) is 5.95. The number of benzene rings is 2. The Morgan fingerprint density at radius 3 is 1.78 bits per heavy atom. The molecule has 23 heavy (non-hydrogen) atoms. The third kappa shape index (κ3) is 2.65. The van der Waals surface area contributed by atoms with E-state index in [9.17, 15) is 14.7 Å². The molecule has 3 rings (SSSR count). The maximum absolute atomic E-state index is 12.8. The zero-order valence-corrected chi connectivity index (χ0v) is 13.1. The Morgan fingerprint density at radius 2 is 1.26 bits per heavy atom. The van der Waals surface area contributed by atoms with Crippen LogP contribution in [0, 0.1) is 0 Å². The molecule has 0 saturated carbocycles. The highest BCUT2D eigenvalue weighted by molar-refractivity contribution is 6.32. The summed E-state index contributed by atoms with van der Waals surface area (Å²) in [6.45, 7) is 0. The van der Waals surface area contributed by atoms with E-state index in [1.54, 1.807) is 48.5 Å². The summed E-state index contributed by atoms with van der Waals surface area (Å²) in [6.07, 6.45) is 0. The van der Waals surface area contributed by atoms with Crippen molar-refractivity contribution in [2.24, 2.45) is 0 Å². The van der Waals surface area contributed by atoms with Crippen molar-refractivity contribution in [3.63, 3.8) is 0 Å². The molecule has 116 valence electrons. The number of hydrogen-bond donors (Lipinski definition) is 1. The number of para-hydroxylation sites is 2. The Bertz CT molecular complexity index is 1010. The van der Waals surface area contributed by atoms with E-state index >= 15 is 0 Å². The van der Waals surface area contributed by atoms with Crippen molar-refractivity contribution in [3.8, 4) is 17.3 Å². The molecule has 2 aromatic carbocycles. The van der Waals surface area contributed by atoms with Crippen molar-refractivity contribution in [1.29, 1.82) is 0 Å². The van der Waals surface area contributed by atoms with Crippen molar-refractivity contribution in [2.75, 3.05) is 0 Å². The first-order valence-electron chi connectivity index (χ1n) is 6.58. The zero-order chi connectivity index (χ0) is 16.6. The predicted molar refractivity (Wildman–Crippen MR) is 89.3 cm³/mol. The topological polar surface area (TPSA) is 64.2 Å². The SMILES string of the molecule is O=c1cc(O)n(-c2ccccc2Cl)c(=O)n1-c1ccccc1Cl. The number of aromatic nitrogens is 2. The van der Waals surface area contributed by atoms with E-state index in [0.29, 0.717) is 0 Å². The molecule has 5 nitrogen and oxygen atoms in total. The lowest BCUT2D eigenvalue weighted by Crippen LogP contribution is -2.37. The Kier molecular flexibility index (Phi) is 3.98. The Morgan fingerprint density at radius 1 is 0.783 bits per heavy atom. The fourth-order valence-corrected chi connectivity index (χ4v) is 2.69. The van der Waals surface area contributed by atoms with Crippen LogP contribution in [0.25, 0.3) is 11.4 Å². The summed E-state index contributed by atoms with van der Waals surface area (Å²) in [4.78, 5) is 24.9. The molecule has 0 aliphatic heterocycles. The Hall–Kier alpha value is -2.50. The molecule has 0 aliphatic rings. The minimum Gasteiger partial charge on any atom is -0.494 e. The third-order valence-corrected chi connectivity index (χ3v) is 3.91. The van der Waals surface area contributed by atoms with Crippen LogP contribution in [-0.2, 0) is 0 Å². The maximum atomic E-state index is 12.8. The van der Waals surface area contributed by atoms with E-state index in [4.69, 9.17) is 23.2 Å². The van der Waals surface area contributed by atoms with E-state index in [2.05, 4.69) is 0 Å². The fourth-order valence-electron chi connectivity index (χ4n) is 2.25. The molecule has 0 fully saturated rings. The van der Waals surface area contributed by atoms with Gasteiger partial charge in [0.05, 0.1) is 27.5 Å². The molecule has 0 bridgehead atoms. The molecule has 0 aliphatic carbocycles.